The van der Waals surface area contributed by atoms with Gasteiger partial charge in [-0.3, -0.25) is 4.79 Å². The second-order valence-corrected chi connectivity index (χ2v) is 5.37. The molecule has 0 spiro atoms. The fourth-order valence-corrected chi connectivity index (χ4v) is 2.04. The molecule has 1 amide bonds. The van der Waals surface area contributed by atoms with Crippen molar-refractivity contribution in [2.24, 2.45) is 0 Å². The number of rotatable bonds is 6. The second-order valence-electron chi connectivity index (χ2n) is 5.37. The second kappa shape index (κ2) is 7.88. The third-order valence-corrected chi connectivity index (χ3v) is 3.33. The third-order valence-electron chi connectivity index (χ3n) is 3.33. The van der Waals surface area contributed by atoms with Crippen LogP contribution >= 0.6 is 0 Å². The Morgan fingerprint density at radius 2 is 2.00 bits per heavy atom. The van der Waals surface area contributed by atoms with Crippen LogP contribution in [0.4, 0.5) is 11.9 Å². The Morgan fingerprint density at radius 1 is 1.27 bits per heavy atom. The molecule has 0 aromatic carbocycles. The summed E-state index contributed by atoms with van der Waals surface area (Å²) in [6.07, 6.45) is 1.75. The average Bonchev–Trinajstić information content (AvgIpc) is 2.53. The highest BCUT2D eigenvalue weighted by atomic mass is 16.5. The van der Waals surface area contributed by atoms with E-state index in [0.29, 0.717) is 25.1 Å². The number of aromatic nitrogens is 3. The monoisotopic (exact) mass is 308 g/mol. The number of likely N-dealkylation sites (N-methyl/N-ethyl adjacent to an activating group) is 1. The molecule has 0 atom stereocenters. The first-order valence-electron chi connectivity index (χ1n) is 7.61. The summed E-state index contributed by atoms with van der Waals surface area (Å²) in [5, 5.41) is 2.99. The van der Waals surface area contributed by atoms with Crippen molar-refractivity contribution in [2.45, 2.75) is 19.8 Å². The molecule has 8 heteroatoms. The summed E-state index contributed by atoms with van der Waals surface area (Å²) in [7, 11) is 3.44. The number of carbonyl (C=O) groups excluding carboxylic acids is 1. The number of hydrogen-bond acceptors (Lipinski definition) is 7. The zero-order valence-electron chi connectivity index (χ0n) is 13.5. The van der Waals surface area contributed by atoms with Gasteiger partial charge in [0.2, 0.25) is 17.8 Å². The number of morpholine rings is 1. The van der Waals surface area contributed by atoms with E-state index < -0.39 is 0 Å². The highest BCUT2D eigenvalue weighted by Gasteiger charge is 2.16. The van der Waals surface area contributed by atoms with Crippen molar-refractivity contribution in [1.82, 2.24) is 19.9 Å². The fourth-order valence-electron chi connectivity index (χ4n) is 2.04. The van der Waals surface area contributed by atoms with Gasteiger partial charge < -0.3 is 19.9 Å². The molecule has 0 bridgehead atoms. The van der Waals surface area contributed by atoms with Gasteiger partial charge >= 0.3 is 0 Å². The van der Waals surface area contributed by atoms with Crippen molar-refractivity contribution in [3.63, 3.8) is 0 Å². The summed E-state index contributed by atoms with van der Waals surface area (Å²) >= 11 is 0. The van der Waals surface area contributed by atoms with Gasteiger partial charge in [0, 0.05) is 33.6 Å². The molecule has 1 fully saturated rings. The standard InChI is InChI=1S/C14H24N6O2/c1-4-5-11-16-13(15-10-12(21)19(2)3)18-14(17-11)20-6-8-22-9-7-20/h4-10H2,1-3H3,(H,15,16,17,18). The molecule has 1 saturated heterocycles. The molecule has 122 valence electrons. The van der Waals surface area contributed by atoms with Crippen molar-refractivity contribution in [3.8, 4) is 0 Å². The molecule has 0 saturated carbocycles. The number of carbonyl (C=O) groups is 1. The lowest BCUT2D eigenvalue weighted by molar-refractivity contribution is -0.126. The van der Waals surface area contributed by atoms with Crippen LogP contribution in [-0.2, 0) is 16.0 Å². The van der Waals surface area contributed by atoms with Crippen LogP contribution in [0.3, 0.4) is 0 Å². The van der Waals surface area contributed by atoms with E-state index in [1.165, 1.54) is 4.90 Å². The molecule has 2 rings (SSSR count). The molecule has 1 N–H and O–H groups in total. The van der Waals surface area contributed by atoms with Gasteiger partial charge in [0.25, 0.3) is 0 Å². The quantitative estimate of drug-likeness (QED) is 0.801. The van der Waals surface area contributed by atoms with Gasteiger partial charge in [0.1, 0.15) is 5.82 Å². The van der Waals surface area contributed by atoms with E-state index in [4.69, 9.17) is 4.74 Å². The summed E-state index contributed by atoms with van der Waals surface area (Å²) in [6, 6.07) is 0. The fraction of sp³-hybridized carbons (Fsp3) is 0.714. The number of anilines is 2. The minimum Gasteiger partial charge on any atom is -0.378 e. The van der Waals surface area contributed by atoms with Gasteiger partial charge in [-0.1, -0.05) is 6.92 Å². The minimum atomic E-state index is -0.0228. The topological polar surface area (TPSA) is 83.5 Å². The van der Waals surface area contributed by atoms with Gasteiger partial charge in [-0.2, -0.15) is 15.0 Å². The number of aryl methyl sites for hydroxylation is 1. The van der Waals surface area contributed by atoms with Crippen LogP contribution in [-0.4, -0.2) is 72.7 Å². The number of amides is 1. The lowest BCUT2D eigenvalue weighted by Crippen LogP contribution is -2.38. The lowest BCUT2D eigenvalue weighted by Gasteiger charge is -2.27. The number of hydrogen-bond donors (Lipinski definition) is 1. The molecule has 0 radical (unpaired) electrons. The predicted octanol–water partition coefficient (Wildman–Crippen LogP) is 0.161. The smallest absolute Gasteiger partial charge is 0.241 e. The summed E-state index contributed by atoms with van der Waals surface area (Å²) in [6.45, 7) is 5.15. The molecular formula is C14H24N6O2. The summed E-state index contributed by atoms with van der Waals surface area (Å²) in [4.78, 5) is 28.6. The van der Waals surface area contributed by atoms with Crippen molar-refractivity contribution < 1.29 is 9.53 Å². The summed E-state index contributed by atoms with van der Waals surface area (Å²) < 4.78 is 5.36. The Balaban J connectivity index is 2.13. The van der Waals surface area contributed by atoms with Crippen molar-refractivity contribution in [2.75, 3.05) is 57.2 Å². The van der Waals surface area contributed by atoms with E-state index in [2.05, 4.69) is 32.1 Å². The largest absolute Gasteiger partial charge is 0.378 e. The van der Waals surface area contributed by atoms with Crippen molar-refractivity contribution >= 4 is 17.8 Å². The predicted molar refractivity (Wildman–Crippen MR) is 84.0 cm³/mol. The van der Waals surface area contributed by atoms with E-state index in [1.54, 1.807) is 14.1 Å². The molecule has 1 aromatic heterocycles. The zero-order chi connectivity index (χ0) is 15.9. The van der Waals surface area contributed by atoms with Gasteiger partial charge in [-0.05, 0) is 6.42 Å². The Morgan fingerprint density at radius 3 is 2.64 bits per heavy atom. The van der Waals surface area contributed by atoms with Crippen LogP contribution < -0.4 is 10.2 Å². The van der Waals surface area contributed by atoms with Crippen molar-refractivity contribution in [1.29, 1.82) is 0 Å². The molecule has 22 heavy (non-hydrogen) atoms. The lowest BCUT2D eigenvalue weighted by atomic mass is 10.3. The van der Waals surface area contributed by atoms with E-state index in [0.717, 1.165) is 31.8 Å². The van der Waals surface area contributed by atoms with Gasteiger partial charge in [-0.15, -0.1) is 0 Å². The highest BCUT2D eigenvalue weighted by Crippen LogP contribution is 2.13. The number of nitrogens with zero attached hydrogens (tertiary/aromatic N) is 5. The molecule has 8 nitrogen and oxygen atoms in total. The molecular weight excluding hydrogens is 284 g/mol. The van der Waals surface area contributed by atoms with Crippen LogP contribution in [0.5, 0.6) is 0 Å². The molecule has 2 heterocycles. The van der Waals surface area contributed by atoms with Crippen LogP contribution in [0.2, 0.25) is 0 Å². The molecule has 0 aliphatic carbocycles. The van der Waals surface area contributed by atoms with E-state index in [-0.39, 0.29) is 12.5 Å². The Hall–Kier alpha value is -1.96. The first-order chi connectivity index (χ1) is 10.6. The van der Waals surface area contributed by atoms with Crippen LogP contribution in [0.25, 0.3) is 0 Å². The van der Waals surface area contributed by atoms with E-state index in [9.17, 15) is 4.79 Å². The SMILES string of the molecule is CCCc1nc(NCC(=O)N(C)C)nc(N2CCOCC2)n1. The highest BCUT2D eigenvalue weighted by molar-refractivity contribution is 5.79. The Kier molecular flexibility index (Phi) is 5.88. The number of nitrogens with one attached hydrogen (secondary N) is 1. The van der Waals surface area contributed by atoms with Gasteiger partial charge in [0.15, 0.2) is 0 Å². The normalized spacial score (nSPS) is 14.8. The maximum absolute atomic E-state index is 11.7. The van der Waals surface area contributed by atoms with E-state index in [1.807, 2.05) is 0 Å². The molecule has 1 aliphatic rings. The van der Waals surface area contributed by atoms with Crippen LogP contribution in [0, 0.1) is 0 Å². The minimum absolute atomic E-state index is 0.0228. The first kappa shape index (κ1) is 16.4. The first-order valence-corrected chi connectivity index (χ1v) is 7.61. The number of ether oxygens (including phenoxy) is 1. The summed E-state index contributed by atoms with van der Waals surface area (Å²) in [5.41, 5.74) is 0. The Bertz CT molecular complexity index is 502. The van der Waals surface area contributed by atoms with Crippen LogP contribution in [0.15, 0.2) is 0 Å². The maximum atomic E-state index is 11.7. The third kappa shape index (κ3) is 4.52. The van der Waals surface area contributed by atoms with E-state index >= 15 is 0 Å². The van der Waals surface area contributed by atoms with Crippen molar-refractivity contribution in [3.05, 3.63) is 5.82 Å². The molecule has 1 aliphatic heterocycles. The molecule has 1 aromatic rings. The zero-order valence-corrected chi connectivity index (χ0v) is 13.5. The molecule has 0 unspecified atom stereocenters. The Labute approximate surface area is 130 Å². The maximum Gasteiger partial charge on any atom is 0.241 e. The average molecular weight is 308 g/mol. The van der Waals surface area contributed by atoms with Gasteiger partial charge in [-0.25, -0.2) is 0 Å². The van der Waals surface area contributed by atoms with Crippen LogP contribution in [0.1, 0.15) is 19.2 Å². The summed E-state index contributed by atoms with van der Waals surface area (Å²) in [5.74, 6) is 1.83. The van der Waals surface area contributed by atoms with Gasteiger partial charge in [0.05, 0.1) is 19.8 Å².